The molecule has 2 rings (SSSR count). The number of carbonyl (C=O) groups excluding carboxylic acids is 3. The van der Waals surface area contributed by atoms with E-state index in [1.165, 1.54) is 50.1 Å². The summed E-state index contributed by atoms with van der Waals surface area (Å²) in [5.41, 5.74) is 1.00. The van der Waals surface area contributed by atoms with E-state index < -0.39 is 34.4 Å². The zero-order chi connectivity index (χ0) is 24.9. The zero-order valence-electron chi connectivity index (χ0n) is 18.6. The molecule has 0 aliphatic rings. The van der Waals surface area contributed by atoms with E-state index >= 15 is 0 Å². The number of nitrogens with one attached hydrogen (secondary N) is 1. The third kappa shape index (κ3) is 6.93. The van der Waals surface area contributed by atoms with Crippen LogP contribution in [-0.2, 0) is 26.2 Å². The summed E-state index contributed by atoms with van der Waals surface area (Å²) in [6.45, 7) is 2.26. The summed E-state index contributed by atoms with van der Waals surface area (Å²) >= 11 is 12.2. The van der Waals surface area contributed by atoms with Gasteiger partial charge in [0, 0.05) is 29.2 Å². The van der Waals surface area contributed by atoms with Gasteiger partial charge in [-0.25, -0.2) is 8.42 Å². The number of halogens is 2. The Labute approximate surface area is 203 Å². The topological polar surface area (TPSA) is 104 Å². The van der Waals surface area contributed by atoms with Crippen LogP contribution >= 0.6 is 23.2 Å². The molecular weight excluding hydrogens is 489 g/mol. The number of nitrogens with zero attached hydrogens (tertiary/aromatic N) is 2. The lowest BCUT2D eigenvalue weighted by molar-refractivity contribution is -0.139. The third-order valence-corrected chi connectivity index (χ3v) is 6.72. The second kappa shape index (κ2) is 11.0. The predicted octanol–water partition coefficient (Wildman–Crippen LogP) is 3.13. The normalized spacial score (nSPS) is 12.1. The predicted molar refractivity (Wildman–Crippen MR) is 129 cm³/mol. The van der Waals surface area contributed by atoms with E-state index in [-0.39, 0.29) is 18.0 Å². The maximum atomic E-state index is 13.3. The number of Topliss-reactive ketones (excluding diaryl/α,β-unsaturated/α-hetero) is 1. The molecule has 0 aliphatic carbocycles. The van der Waals surface area contributed by atoms with Crippen molar-refractivity contribution >= 4 is 56.5 Å². The average molecular weight is 514 g/mol. The fourth-order valence-corrected chi connectivity index (χ4v) is 4.43. The molecule has 8 nitrogen and oxygen atoms in total. The number of hydrogen-bond acceptors (Lipinski definition) is 5. The SMILES string of the molecule is CNC(=O)[C@H](C)N(Cc1ccc(Cl)cc1Cl)C(=O)CN(c1cccc(C(C)=O)c1)S(C)(=O)=O. The van der Waals surface area contributed by atoms with Gasteiger partial charge in [0.05, 0.1) is 11.9 Å². The third-order valence-electron chi connectivity index (χ3n) is 4.99. The van der Waals surface area contributed by atoms with Gasteiger partial charge in [0.1, 0.15) is 12.6 Å². The van der Waals surface area contributed by atoms with Crippen LogP contribution in [0.3, 0.4) is 0 Å². The first-order valence-electron chi connectivity index (χ1n) is 9.88. The molecule has 0 fully saturated rings. The number of likely N-dealkylation sites (N-methyl/N-ethyl adjacent to an activating group) is 1. The molecule has 33 heavy (non-hydrogen) atoms. The van der Waals surface area contributed by atoms with E-state index in [0.717, 1.165) is 10.6 Å². The highest BCUT2D eigenvalue weighted by Crippen LogP contribution is 2.24. The molecule has 11 heteroatoms. The quantitative estimate of drug-likeness (QED) is 0.518. The van der Waals surface area contributed by atoms with Crippen molar-refractivity contribution in [3.8, 4) is 0 Å². The Balaban J connectivity index is 2.45. The van der Waals surface area contributed by atoms with Crippen LogP contribution in [0.2, 0.25) is 10.0 Å². The van der Waals surface area contributed by atoms with Crippen molar-refractivity contribution in [2.75, 3.05) is 24.2 Å². The molecule has 0 unspecified atom stereocenters. The monoisotopic (exact) mass is 513 g/mol. The largest absolute Gasteiger partial charge is 0.357 e. The van der Waals surface area contributed by atoms with E-state index in [4.69, 9.17) is 23.2 Å². The molecule has 0 spiro atoms. The lowest BCUT2D eigenvalue weighted by Crippen LogP contribution is -2.50. The van der Waals surface area contributed by atoms with Crippen LogP contribution in [0.15, 0.2) is 42.5 Å². The van der Waals surface area contributed by atoms with Crippen LogP contribution < -0.4 is 9.62 Å². The molecular formula is C22H25Cl2N3O5S. The number of anilines is 1. The Morgan fingerprint density at radius 2 is 1.76 bits per heavy atom. The summed E-state index contributed by atoms with van der Waals surface area (Å²) in [6.07, 6.45) is 0.962. The van der Waals surface area contributed by atoms with E-state index in [0.29, 0.717) is 21.2 Å². The van der Waals surface area contributed by atoms with Gasteiger partial charge >= 0.3 is 0 Å². The molecule has 0 bridgehead atoms. The molecule has 0 saturated carbocycles. The van der Waals surface area contributed by atoms with Gasteiger partial charge < -0.3 is 10.2 Å². The van der Waals surface area contributed by atoms with Crippen molar-refractivity contribution in [3.05, 3.63) is 63.6 Å². The minimum absolute atomic E-state index is 0.0471. The number of ketones is 1. The number of benzene rings is 2. The van der Waals surface area contributed by atoms with Gasteiger partial charge in [-0.15, -0.1) is 0 Å². The number of rotatable bonds is 9. The highest BCUT2D eigenvalue weighted by atomic mass is 35.5. The lowest BCUT2D eigenvalue weighted by atomic mass is 10.1. The van der Waals surface area contributed by atoms with Crippen molar-refractivity contribution in [3.63, 3.8) is 0 Å². The van der Waals surface area contributed by atoms with Crippen LogP contribution in [0, 0.1) is 0 Å². The molecule has 1 atom stereocenters. The van der Waals surface area contributed by atoms with E-state index in [2.05, 4.69) is 5.32 Å². The number of hydrogen-bond donors (Lipinski definition) is 1. The number of amides is 2. The highest BCUT2D eigenvalue weighted by Gasteiger charge is 2.30. The van der Waals surface area contributed by atoms with Crippen molar-refractivity contribution in [2.45, 2.75) is 26.4 Å². The standard InChI is InChI=1S/C22H25Cl2N3O5S/c1-14(22(30)25-3)26(12-17-8-9-18(23)11-20(17)24)21(29)13-27(33(4,31)32)19-7-5-6-16(10-19)15(2)28/h5-11,14H,12-13H2,1-4H3,(H,25,30)/t14-/m0/s1. The first kappa shape index (κ1) is 26.6. The summed E-state index contributed by atoms with van der Waals surface area (Å²) in [5, 5.41) is 3.20. The summed E-state index contributed by atoms with van der Waals surface area (Å²) in [5.74, 6) is -1.31. The van der Waals surface area contributed by atoms with Gasteiger partial charge in [0.25, 0.3) is 0 Å². The molecule has 1 N–H and O–H groups in total. The molecule has 178 valence electrons. The van der Waals surface area contributed by atoms with Crippen molar-refractivity contribution in [1.82, 2.24) is 10.2 Å². The van der Waals surface area contributed by atoms with Crippen LogP contribution in [0.4, 0.5) is 5.69 Å². The minimum atomic E-state index is -3.90. The molecule has 0 heterocycles. The molecule has 2 amide bonds. The Morgan fingerprint density at radius 1 is 1.09 bits per heavy atom. The molecule has 0 saturated heterocycles. The van der Waals surface area contributed by atoms with Crippen LogP contribution in [0.5, 0.6) is 0 Å². The summed E-state index contributed by atoms with van der Waals surface area (Å²) < 4.78 is 26.0. The second-order valence-corrected chi connectivity index (χ2v) is 10.2. The molecule has 2 aromatic rings. The molecule has 0 aliphatic heterocycles. The van der Waals surface area contributed by atoms with Crippen molar-refractivity contribution < 1.29 is 22.8 Å². The van der Waals surface area contributed by atoms with Gasteiger partial charge in [-0.1, -0.05) is 41.4 Å². The first-order valence-corrected chi connectivity index (χ1v) is 12.5. The highest BCUT2D eigenvalue weighted by molar-refractivity contribution is 7.92. The smallest absolute Gasteiger partial charge is 0.244 e. The summed E-state index contributed by atoms with van der Waals surface area (Å²) in [4.78, 5) is 38.7. The van der Waals surface area contributed by atoms with Gasteiger partial charge in [0.15, 0.2) is 5.78 Å². The Kier molecular flexibility index (Phi) is 8.88. The first-order chi connectivity index (χ1) is 15.3. The second-order valence-electron chi connectivity index (χ2n) is 7.42. The summed E-state index contributed by atoms with van der Waals surface area (Å²) in [7, 11) is -2.46. The minimum Gasteiger partial charge on any atom is -0.357 e. The van der Waals surface area contributed by atoms with E-state index in [1.807, 2.05) is 0 Å². The van der Waals surface area contributed by atoms with Crippen LogP contribution in [0.1, 0.15) is 29.8 Å². The zero-order valence-corrected chi connectivity index (χ0v) is 21.0. The fourth-order valence-electron chi connectivity index (χ4n) is 3.12. The van der Waals surface area contributed by atoms with Gasteiger partial charge in [-0.3, -0.25) is 18.7 Å². The van der Waals surface area contributed by atoms with E-state index in [1.54, 1.807) is 18.2 Å². The lowest BCUT2D eigenvalue weighted by Gasteiger charge is -2.31. The van der Waals surface area contributed by atoms with Gasteiger partial charge in [-0.05, 0) is 43.7 Å². The number of sulfonamides is 1. The van der Waals surface area contributed by atoms with Gasteiger partial charge in [0.2, 0.25) is 21.8 Å². The van der Waals surface area contributed by atoms with Crippen LogP contribution in [0.25, 0.3) is 0 Å². The molecule has 0 radical (unpaired) electrons. The maximum absolute atomic E-state index is 13.3. The maximum Gasteiger partial charge on any atom is 0.244 e. The Morgan fingerprint density at radius 3 is 2.30 bits per heavy atom. The number of carbonyl (C=O) groups is 3. The van der Waals surface area contributed by atoms with Gasteiger partial charge in [-0.2, -0.15) is 0 Å². The molecule has 2 aromatic carbocycles. The molecule has 0 aromatic heterocycles. The van der Waals surface area contributed by atoms with E-state index in [9.17, 15) is 22.8 Å². The Bertz CT molecular complexity index is 1170. The summed E-state index contributed by atoms with van der Waals surface area (Å²) in [6, 6.07) is 9.81. The average Bonchev–Trinajstić information content (AvgIpc) is 2.75. The van der Waals surface area contributed by atoms with Crippen LogP contribution in [-0.4, -0.2) is 56.8 Å². The Hall–Kier alpha value is -2.62. The fraction of sp³-hybridized carbons (Fsp3) is 0.318. The van der Waals surface area contributed by atoms with Crippen molar-refractivity contribution in [2.24, 2.45) is 0 Å². The van der Waals surface area contributed by atoms with Crippen molar-refractivity contribution in [1.29, 1.82) is 0 Å².